The third-order valence-electron chi connectivity index (χ3n) is 5.10. The van der Waals surface area contributed by atoms with Crippen LogP contribution in [0, 0.1) is 6.92 Å². The molecule has 132 valence electrons. The number of thiophene rings is 1. The van der Waals surface area contributed by atoms with E-state index in [9.17, 15) is 0 Å². The lowest BCUT2D eigenvalue weighted by Crippen LogP contribution is -2.39. The molecule has 1 aliphatic heterocycles. The van der Waals surface area contributed by atoms with Crippen molar-refractivity contribution < 1.29 is 0 Å². The molecule has 3 rings (SSSR count). The lowest BCUT2D eigenvalue weighted by atomic mass is 10.1. The van der Waals surface area contributed by atoms with Crippen molar-refractivity contribution in [3.8, 4) is 0 Å². The normalized spacial score (nSPS) is 18.8. The largest absolute Gasteiger partial charge is 0.299 e. The molecule has 2 aromatic heterocycles. The average molecular weight is 347 g/mol. The van der Waals surface area contributed by atoms with Gasteiger partial charge in [0.25, 0.3) is 0 Å². The van der Waals surface area contributed by atoms with Crippen LogP contribution in [0.5, 0.6) is 0 Å². The molecule has 0 saturated carbocycles. The van der Waals surface area contributed by atoms with Crippen LogP contribution in [0.15, 0.2) is 23.7 Å². The molecule has 0 radical (unpaired) electrons. The van der Waals surface area contributed by atoms with Crippen LogP contribution in [0.2, 0.25) is 0 Å². The van der Waals surface area contributed by atoms with E-state index >= 15 is 0 Å². The first-order valence-electron chi connectivity index (χ1n) is 9.21. The first kappa shape index (κ1) is 17.6. The van der Waals surface area contributed by atoms with E-state index in [4.69, 9.17) is 0 Å². The summed E-state index contributed by atoms with van der Waals surface area (Å²) in [5.74, 6) is 0. The van der Waals surface area contributed by atoms with E-state index in [1.807, 2.05) is 11.3 Å². The second kappa shape index (κ2) is 8.28. The fraction of sp³-hybridized carbons (Fsp3) is 0.632. The Kier molecular flexibility index (Phi) is 6.09. The monoisotopic (exact) mass is 346 g/mol. The van der Waals surface area contributed by atoms with Crippen LogP contribution >= 0.6 is 11.3 Å². The van der Waals surface area contributed by atoms with Gasteiger partial charge in [-0.05, 0) is 51.2 Å². The Labute approximate surface area is 150 Å². The molecule has 0 aliphatic carbocycles. The van der Waals surface area contributed by atoms with Crippen molar-refractivity contribution in [2.45, 2.75) is 59.3 Å². The van der Waals surface area contributed by atoms with Crippen LogP contribution in [-0.4, -0.2) is 45.3 Å². The number of hydrogen-bond acceptors (Lipinski definition) is 4. The zero-order valence-electron chi connectivity index (χ0n) is 15.2. The van der Waals surface area contributed by atoms with E-state index in [2.05, 4.69) is 64.1 Å². The van der Waals surface area contributed by atoms with E-state index in [1.54, 1.807) is 0 Å². The Morgan fingerprint density at radius 2 is 2.17 bits per heavy atom. The van der Waals surface area contributed by atoms with Crippen LogP contribution in [-0.2, 0) is 19.6 Å². The van der Waals surface area contributed by atoms with Crippen LogP contribution in [0.3, 0.4) is 0 Å². The second-order valence-electron chi connectivity index (χ2n) is 6.77. The molecule has 2 aromatic rings. The fourth-order valence-corrected chi connectivity index (χ4v) is 4.49. The maximum absolute atomic E-state index is 4.62. The van der Waals surface area contributed by atoms with Crippen molar-refractivity contribution in [2.24, 2.45) is 0 Å². The van der Waals surface area contributed by atoms with E-state index < -0.39 is 0 Å². The van der Waals surface area contributed by atoms with Crippen molar-refractivity contribution in [2.75, 3.05) is 19.6 Å². The molecule has 0 bridgehead atoms. The highest BCUT2D eigenvalue weighted by atomic mass is 32.1. The van der Waals surface area contributed by atoms with Crippen LogP contribution < -0.4 is 0 Å². The third kappa shape index (κ3) is 4.26. The van der Waals surface area contributed by atoms with Gasteiger partial charge >= 0.3 is 0 Å². The smallest absolute Gasteiger partial charge is 0.0638 e. The van der Waals surface area contributed by atoms with Crippen molar-refractivity contribution in [1.82, 2.24) is 19.6 Å². The number of hydrogen-bond donors (Lipinski definition) is 0. The highest BCUT2D eigenvalue weighted by molar-refractivity contribution is 7.09. The van der Waals surface area contributed by atoms with Gasteiger partial charge in [-0.2, -0.15) is 5.10 Å². The molecule has 24 heavy (non-hydrogen) atoms. The van der Waals surface area contributed by atoms with Gasteiger partial charge in [0.2, 0.25) is 0 Å². The van der Waals surface area contributed by atoms with Gasteiger partial charge in [0.15, 0.2) is 0 Å². The Bertz CT molecular complexity index is 619. The lowest BCUT2D eigenvalue weighted by Gasteiger charge is -2.30. The van der Waals surface area contributed by atoms with E-state index in [0.717, 1.165) is 26.2 Å². The average Bonchev–Trinajstić information content (AvgIpc) is 3.30. The fourth-order valence-electron chi connectivity index (χ4n) is 3.74. The predicted octanol–water partition coefficient (Wildman–Crippen LogP) is 3.76. The quantitative estimate of drug-likeness (QED) is 0.727. The summed E-state index contributed by atoms with van der Waals surface area (Å²) in [6.45, 7) is 13.2. The van der Waals surface area contributed by atoms with Gasteiger partial charge in [-0.25, -0.2) is 0 Å². The molecular formula is C19H30N4S. The summed E-state index contributed by atoms with van der Waals surface area (Å²) in [4.78, 5) is 6.72. The molecule has 0 amide bonds. The summed E-state index contributed by atoms with van der Waals surface area (Å²) in [5, 5.41) is 6.81. The summed E-state index contributed by atoms with van der Waals surface area (Å²) in [5.41, 5.74) is 2.54. The van der Waals surface area contributed by atoms with Gasteiger partial charge in [-0.3, -0.25) is 14.5 Å². The van der Waals surface area contributed by atoms with Crippen LogP contribution in [0.4, 0.5) is 0 Å². The Morgan fingerprint density at radius 3 is 2.83 bits per heavy atom. The number of likely N-dealkylation sites (tertiary alicyclic amines) is 1. The standard InChI is InChI=1S/C19H30N4S/c1-4-22-10-6-8-18(22)14-21(15-19-9-7-11-24-19)12-17-13-23(5-2)20-16(17)3/h7,9,11,13,18H,4-6,8,10,12,14-15H2,1-3H3/t18-/m0/s1. The van der Waals surface area contributed by atoms with Crippen LogP contribution in [0.1, 0.15) is 42.8 Å². The highest BCUT2D eigenvalue weighted by Crippen LogP contribution is 2.22. The molecule has 0 N–H and O–H groups in total. The molecule has 1 fully saturated rings. The molecule has 5 heteroatoms. The zero-order chi connectivity index (χ0) is 16.9. The van der Waals surface area contributed by atoms with Gasteiger partial charge in [0.05, 0.1) is 5.69 Å². The number of aryl methyl sites for hydroxylation is 2. The van der Waals surface area contributed by atoms with Gasteiger partial charge < -0.3 is 0 Å². The van der Waals surface area contributed by atoms with Gasteiger partial charge in [-0.15, -0.1) is 11.3 Å². The van der Waals surface area contributed by atoms with Crippen LogP contribution in [0.25, 0.3) is 0 Å². The zero-order valence-corrected chi connectivity index (χ0v) is 16.1. The Morgan fingerprint density at radius 1 is 1.29 bits per heavy atom. The summed E-state index contributed by atoms with van der Waals surface area (Å²) in [6.07, 6.45) is 4.91. The van der Waals surface area contributed by atoms with Crippen molar-refractivity contribution in [1.29, 1.82) is 0 Å². The summed E-state index contributed by atoms with van der Waals surface area (Å²) in [6, 6.07) is 5.12. The van der Waals surface area contributed by atoms with E-state index in [-0.39, 0.29) is 0 Å². The van der Waals surface area contributed by atoms with Gasteiger partial charge in [0.1, 0.15) is 0 Å². The minimum atomic E-state index is 0.705. The minimum Gasteiger partial charge on any atom is -0.299 e. The predicted molar refractivity (Wildman–Crippen MR) is 101 cm³/mol. The molecule has 0 spiro atoms. The Hall–Kier alpha value is -1.17. The van der Waals surface area contributed by atoms with E-state index in [1.165, 1.54) is 42.1 Å². The van der Waals surface area contributed by atoms with Crippen molar-refractivity contribution in [3.05, 3.63) is 39.8 Å². The maximum Gasteiger partial charge on any atom is 0.0638 e. The summed E-state index contributed by atoms with van der Waals surface area (Å²) >= 11 is 1.86. The maximum atomic E-state index is 4.62. The first-order chi connectivity index (χ1) is 11.7. The van der Waals surface area contributed by atoms with E-state index in [0.29, 0.717) is 6.04 Å². The van der Waals surface area contributed by atoms with Gasteiger partial charge in [0, 0.05) is 48.9 Å². The van der Waals surface area contributed by atoms with Gasteiger partial charge in [-0.1, -0.05) is 13.0 Å². The molecule has 1 aliphatic rings. The topological polar surface area (TPSA) is 24.3 Å². The molecule has 0 aromatic carbocycles. The summed E-state index contributed by atoms with van der Waals surface area (Å²) < 4.78 is 2.06. The molecule has 3 heterocycles. The Balaban J connectivity index is 1.72. The minimum absolute atomic E-state index is 0.705. The molecule has 0 unspecified atom stereocenters. The number of rotatable bonds is 8. The third-order valence-corrected chi connectivity index (χ3v) is 5.96. The highest BCUT2D eigenvalue weighted by Gasteiger charge is 2.25. The van der Waals surface area contributed by atoms with Crippen molar-refractivity contribution in [3.63, 3.8) is 0 Å². The number of nitrogens with zero attached hydrogens (tertiary/aromatic N) is 4. The SMILES string of the molecule is CCN1CCC[C@H]1CN(Cc1cccs1)Cc1cn(CC)nc1C. The summed E-state index contributed by atoms with van der Waals surface area (Å²) in [7, 11) is 0. The number of aromatic nitrogens is 2. The second-order valence-corrected chi connectivity index (χ2v) is 7.80. The molecular weight excluding hydrogens is 316 g/mol. The number of likely N-dealkylation sites (N-methyl/N-ethyl adjacent to an activating group) is 1. The molecule has 1 atom stereocenters. The van der Waals surface area contributed by atoms with Crippen molar-refractivity contribution >= 4 is 11.3 Å². The molecule has 4 nitrogen and oxygen atoms in total. The first-order valence-corrected chi connectivity index (χ1v) is 10.1. The molecule has 1 saturated heterocycles. The lowest BCUT2D eigenvalue weighted by molar-refractivity contribution is 0.167.